The van der Waals surface area contributed by atoms with Crippen LogP contribution in [-0.2, 0) is 4.74 Å². The Morgan fingerprint density at radius 1 is 1.24 bits per heavy atom. The van der Waals surface area contributed by atoms with Gasteiger partial charge >= 0.3 is 5.97 Å². The summed E-state index contributed by atoms with van der Waals surface area (Å²) >= 11 is 3.51. The molecule has 1 saturated carbocycles. The Bertz CT molecular complexity index is 813. The van der Waals surface area contributed by atoms with Crippen LogP contribution in [0.25, 0.3) is 0 Å². The van der Waals surface area contributed by atoms with Gasteiger partial charge in [0.05, 0.1) is 12.2 Å². The maximum Gasteiger partial charge on any atom is 0.339 e. The Morgan fingerprint density at radius 2 is 1.96 bits per heavy atom. The lowest BCUT2D eigenvalue weighted by Crippen LogP contribution is -2.26. The molecule has 5 rings (SSSR count). The topological polar surface area (TPSA) is 51.2 Å². The molecule has 25 heavy (non-hydrogen) atoms. The molecule has 3 aliphatic carbocycles. The van der Waals surface area contributed by atoms with E-state index < -0.39 is 0 Å². The fourth-order valence-electron chi connectivity index (χ4n) is 4.24. The van der Waals surface area contributed by atoms with Crippen LogP contribution < -0.4 is 5.32 Å². The van der Waals surface area contributed by atoms with Gasteiger partial charge < -0.3 is 10.1 Å². The summed E-state index contributed by atoms with van der Waals surface area (Å²) in [5.74, 6) is 1.57. The van der Waals surface area contributed by atoms with Crippen LogP contribution in [-0.4, -0.2) is 17.6 Å². The molecule has 0 spiro atoms. The van der Waals surface area contributed by atoms with Crippen LogP contribution in [0.2, 0.25) is 0 Å². The highest BCUT2D eigenvalue weighted by molar-refractivity contribution is 9.10. The number of anilines is 2. The molecule has 0 radical (unpaired) electrons. The largest absolute Gasteiger partial charge is 0.462 e. The first-order valence-corrected chi connectivity index (χ1v) is 9.69. The third kappa shape index (κ3) is 3.06. The van der Waals surface area contributed by atoms with E-state index in [1.807, 2.05) is 31.2 Å². The summed E-state index contributed by atoms with van der Waals surface area (Å²) in [5.41, 5.74) is 4.06. The number of hydrogen-bond acceptors (Lipinski definition) is 4. The molecule has 1 N–H and O–H groups in total. The number of nitrogens with zero attached hydrogens (tertiary/aromatic N) is 1. The molecule has 0 saturated heterocycles. The number of nitrogens with one attached hydrogen (secondary N) is 1. The second-order valence-electron chi connectivity index (χ2n) is 6.75. The quantitative estimate of drug-likeness (QED) is 0.686. The van der Waals surface area contributed by atoms with Gasteiger partial charge in [0, 0.05) is 21.9 Å². The average Bonchev–Trinajstić information content (AvgIpc) is 2.63. The average molecular weight is 401 g/mol. The van der Waals surface area contributed by atoms with Gasteiger partial charge in [-0.1, -0.05) is 22.0 Å². The smallest absolute Gasteiger partial charge is 0.339 e. The predicted molar refractivity (Wildman–Crippen MR) is 102 cm³/mol. The zero-order chi connectivity index (χ0) is 17.4. The Balaban J connectivity index is 1.79. The van der Waals surface area contributed by atoms with Crippen molar-refractivity contribution in [2.45, 2.75) is 44.4 Å². The molecular weight excluding hydrogens is 380 g/mol. The monoisotopic (exact) mass is 400 g/mol. The van der Waals surface area contributed by atoms with Crippen LogP contribution in [0.1, 0.15) is 65.9 Å². The number of ether oxygens (including phenoxy) is 1. The number of esters is 1. The molecule has 0 amide bonds. The minimum atomic E-state index is -0.243. The highest BCUT2D eigenvalue weighted by Crippen LogP contribution is 2.52. The number of aromatic nitrogens is 1. The van der Waals surface area contributed by atoms with Crippen LogP contribution in [0, 0.1) is 0 Å². The summed E-state index contributed by atoms with van der Waals surface area (Å²) in [4.78, 5) is 17.0. The lowest BCUT2D eigenvalue weighted by Gasteiger charge is -2.40. The van der Waals surface area contributed by atoms with Gasteiger partial charge in [0.25, 0.3) is 0 Å². The van der Waals surface area contributed by atoms with E-state index in [9.17, 15) is 4.79 Å². The van der Waals surface area contributed by atoms with E-state index in [-0.39, 0.29) is 5.97 Å². The summed E-state index contributed by atoms with van der Waals surface area (Å²) < 4.78 is 6.29. The first-order chi connectivity index (χ1) is 12.2. The minimum Gasteiger partial charge on any atom is -0.462 e. The second-order valence-corrected chi connectivity index (χ2v) is 7.67. The third-order valence-electron chi connectivity index (χ3n) is 5.28. The number of carbonyl (C=O) groups is 1. The molecule has 2 bridgehead atoms. The van der Waals surface area contributed by atoms with Gasteiger partial charge in [-0.25, -0.2) is 9.78 Å². The normalized spacial score (nSPS) is 20.9. The molecular formula is C20H21BrN2O2. The van der Waals surface area contributed by atoms with Crippen molar-refractivity contribution in [1.82, 2.24) is 4.98 Å². The Hall–Kier alpha value is -1.88. The zero-order valence-corrected chi connectivity index (χ0v) is 15.8. The fraction of sp³-hybridized carbons (Fsp3) is 0.400. The standard InChI is InChI=1S/C20H21BrN2O2/c1-2-25-20(24)16-11-22-19(23-15-5-3-4-14(21)10-15)18-13-8-6-12(7-9-13)17(16)18/h3-5,10-13H,2,6-9H2,1H3,(H,22,23). The first kappa shape index (κ1) is 16.6. The zero-order valence-electron chi connectivity index (χ0n) is 14.2. The van der Waals surface area contributed by atoms with Gasteiger partial charge in [-0.2, -0.15) is 0 Å². The Morgan fingerprint density at radius 3 is 2.64 bits per heavy atom. The van der Waals surface area contributed by atoms with Gasteiger partial charge in [-0.05, 0) is 68.2 Å². The van der Waals surface area contributed by atoms with Crippen molar-refractivity contribution in [2.24, 2.45) is 0 Å². The molecule has 0 atom stereocenters. The maximum atomic E-state index is 12.4. The van der Waals surface area contributed by atoms with Gasteiger partial charge in [0.2, 0.25) is 0 Å². The van der Waals surface area contributed by atoms with E-state index >= 15 is 0 Å². The Kier molecular flexibility index (Phi) is 4.50. The number of hydrogen-bond donors (Lipinski definition) is 1. The second kappa shape index (κ2) is 6.79. The lowest BCUT2D eigenvalue weighted by atomic mass is 9.66. The highest BCUT2D eigenvalue weighted by atomic mass is 79.9. The SMILES string of the molecule is CCOC(=O)c1cnc(Nc2cccc(Br)c2)c2c1C1CCC2CC1. The highest BCUT2D eigenvalue weighted by Gasteiger charge is 2.38. The van der Waals surface area contributed by atoms with E-state index in [0.29, 0.717) is 24.0 Å². The van der Waals surface area contributed by atoms with Crippen LogP contribution in [0.4, 0.5) is 11.5 Å². The summed E-state index contributed by atoms with van der Waals surface area (Å²) in [6.07, 6.45) is 6.37. The van der Waals surface area contributed by atoms with Gasteiger partial charge in [-0.15, -0.1) is 0 Å². The van der Waals surface area contributed by atoms with Crippen LogP contribution in [0.3, 0.4) is 0 Å². The van der Waals surface area contributed by atoms with Gasteiger partial charge in [-0.3, -0.25) is 0 Å². The molecule has 3 aliphatic rings. The van der Waals surface area contributed by atoms with Gasteiger partial charge in [0.15, 0.2) is 0 Å². The van der Waals surface area contributed by atoms with Crippen LogP contribution in [0.5, 0.6) is 0 Å². The van der Waals surface area contributed by atoms with Gasteiger partial charge in [0.1, 0.15) is 5.82 Å². The molecule has 1 heterocycles. The van der Waals surface area contributed by atoms with Crippen molar-refractivity contribution in [3.63, 3.8) is 0 Å². The van der Waals surface area contributed by atoms with Crippen LogP contribution >= 0.6 is 15.9 Å². The van der Waals surface area contributed by atoms with E-state index in [2.05, 4.69) is 26.2 Å². The lowest BCUT2D eigenvalue weighted by molar-refractivity contribution is 0.0522. The minimum absolute atomic E-state index is 0.243. The molecule has 1 aromatic heterocycles. The number of halogens is 1. The number of pyridine rings is 1. The van der Waals surface area contributed by atoms with Crippen molar-refractivity contribution in [1.29, 1.82) is 0 Å². The molecule has 0 unspecified atom stereocenters. The van der Waals surface area contributed by atoms with Crippen molar-refractivity contribution in [2.75, 3.05) is 11.9 Å². The summed E-state index contributed by atoms with van der Waals surface area (Å²) in [6, 6.07) is 8.06. The van der Waals surface area contributed by atoms with E-state index in [4.69, 9.17) is 4.74 Å². The van der Waals surface area contributed by atoms with E-state index in [1.54, 1.807) is 6.20 Å². The van der Waals surface area contributed by atoms with Crippen molar-refractivity contribution in [3.05, 3.63) is 51.6 Å². The van der Waals surface area contributed by atoms with Crippen LogP contribution in [0.15, 0.2) is 34.9 Å². The number of carbonyl (C=O) groups excluding carboxylic acids is 1. The third-order valence-corrected chi connectivity index (χ3v) is 5.78. The van der Waals surface area contributed by atoms with E-state index in [0.717, 1.165) is 28.8 Å². The van der Waals surface area contributed by atoms with Crippen molar-refractivity contribution < 1.29 is 9.53 Å². The number of benzene rings is 1. The Labute approximate surface area is 156 Å². The summed E-state index contributed by atoms with van der Waals surface area (Å²) in [7, 11) is 0. The molecule has 4 nitrogen and oxygen atoms in total. The number of fused-ring (bicyclic) bond motifs is 2. The van der Waals surface area contributed by atoms with E-state index in [1.165, 1.54) is 24.0 Å². The molecule has 2 aromatic rings. The fourth-order valence-corrected chi connectivity index (χ4v) is 4.64. The molecule has 5 heteroatoms. The predicted octanol–water partition coefficient (Wildman–Crippen LogP) is 5.52. The molecule has 1 fully saturated rings. The van der Waals surface area contributed by atoms with Crippen molar-refractivity contribution >= 4 is 33.4 Å². The molecule has 0 aliphatic heterocycles. The molecule has 1 aromatic carbocycles. The summed E-state index contributed by atoms with van der Waals surface area (Å²) in [6.45, 7) is 2.23. The first-order valence-electron chi connectivity index (χ1n) is 8.90. The molecule has 130 valence electrons. The number of rotatable bonds is 4. The maximum absolute atomic E-state index is 12.4. The van der Waals surface area contributed by atoms with Crippen molar-refractivity contribution in [3.8, 4) is 0 Å². The summed E-state index contributed by atoms with van der Waals surface area (Å²) in [5, 5.41) is 3.46.